The van der Waals surface area contributed by atoms with Crippen molar-refractivity contribution in [2.45, 2.75) is 55.9 Å². The van der Waals surface area contributed by atoms with Gasteiger partial charge in [-0.25, -0.2) is 18.2 Å². The molecular formula is C31H33N3O7S. The molecule has 2 aliphatic heterocycles. The number of ether oxygens (including phenoxy) is 1. The predicted octanol–water partition coefficient (Wildman–Crippen LogP) is 5.42. The van der Waals surface area contributed by atoms with Gasteiger partial charge in [-0.15, -0.1) is 0 Å². The number of nitrogens with zero attached hydrogens (tertiary/aromatic N) is 3. The highest BCUT2D eigenvalue weighted by atomic mass is 32.2. The molecule has 2 fully saturated rings. The fourth-order valence-electron chi connectivity index (χ4n) is 5.96. The van der Waals surface area contributed by atoms with Crippen molar-refractivity contribution in [3.8, 4) is 0 Å². The van der Waals surface area contributed by atoms with Gasteiger partial charge in [0, 0.05) is 19.0 Å². The molecule has 1 aliphatic carbocycles. The van der Waals surface area contributed by atoms with Gasteiger partial charge >= 0.3 is 5.97 Å². The Hall–Kier alpha value is -3.96. The fraction of sp³-hybridized carbons (Fsp3) is 0.387. The van der Waals surface area contributed by atoms with E-state index in [2.05, 4.69) is 0 Å². The molecule has 11 heteroatoms. The van der Waals surface area contributed by atoms with E-state index in [1.807, 2.05) is 24.3 Å². The van der Waals surface area contributed by atoms with E-state index in [-0.39, 0.29) is 16.4 Å². The molecule has 3 aromatic rings. The van der Waals surface area contributed by atoms with Crippen LogP contribution >= 0.6 is 0 Å². The molecule has 6 rings (SSSR count). The molecule has 2 unspecified atom stereocenters. The summed E-state index contributed by atoms with van der Waals surface area (Å²) < 4.78 is 44.2. The summed E-state index contributed by atoms with van der Waals surface area (Å²) in [6.07, 6.45) is 11.4. The molecule has 2 atom stereocenters. The molecule has 1 aromatic carbocycles. The van der Waals surface area contributed by atoms with E-state index in [1.54, 1.807) is 18.6 Å². The van der Waals surface area contributed by atoms with Crippen LogP contribution in [0.1, 0.15) is 72.9 Å². The number of furan rings is 2. The van der Waals surface area contributed by atoms with E-state index in [1.165, 1.54) is 33.6 Å². The zero-order valence-corrected chi connectivity index (χ0v) is 24.0. The number of amides is 1. The van der Waals surface area contributed by atoms with Crippen molar-refractivity contribution in [2.75, 3.05) is 19.7 Å². The van der Waals surface area contributed by atoms with Crippen LogP contribution in [0.5, 0.6) is 0 Å². The van der Waals surface area contributed by atoms with E-state index in [9.17, 15) is 18.0 Å². The third-order valence-electron chi connectivity index (χ3n) is 8.07. The molecule has 0 radical (unpaired) electrons. The Labute approximate surface area is 244 Å². The highest BCUT2D eigenvalue weighted by Crippen LogP contribution is 2.44. The lowest BCUT2D eigenvalue weighted by Gasteiger charge is -2.27. The number of rotatable bonds is 7. The average Bonchev–Trinajstić information content (AvgIpc) is 3.74. The minimum atomic E-state index is -3.64. The summed E-state index contributed by atoms with van der Waals surface area (Å²) in [5.74, 6) is 0.0545. The Kier molecular flexibility index (Phi) is 8.12. The summed E-state index contributed by atoms with van der Waals surface area (Å²) in [5.41, 5.74) is 1.96. The van der Waals surface area contributed by atoms with E-state index in [4.69, 9.17) is 18.7 Å². The van der Waals surface area contributed by atoms with Crippen LogP contribution in [0.2, 0.25) is 0 Å². The normalized spacial score (nSPS) is 22.4. The molecule has 42 heavy (non-hydrogen) atoms. The number of hydrogen-bond acceptors (Lipinski definition) is 8. The molecule has 1 amide bonds. The molecule has 3 aliphatic rings. The van der Waals surface area contributed by atoms with Gasteiger partial charge in [0.15, 0.2) is 6.61 Å². The van der Waals surface area contributed by atoms with Crippen LogP contribution in [0.15, 0.2) is 85.5 Å². The SMILES string of the molecule is O=C(OCC(=O)N1N=C2C(=Cc3ccco3)CCCC2C1c1ccco1)c1ccc(S(=O)(=O)N2CCCCCC2)cc1. The summed E-state index contributed by atoms with van der Waals surface area (Å²) in [4.78, 5) is 26.4. The molecular weight excluding hydrogens is 558 g/mol. The van der Waals surface area contributed by atoms with Crippen LogP contribution in [0.25, 0.3) is 6.08 Å². The minimum absolute atomic E-state index is 0.0653. The number of benzene rings is 1. The quantitative estimate of drug-likeness (QED) is 0.336. The second kappa shape index (κ2) is 12.1. The van der Waals surface area contributed by atoms with Crippen molar-refractivity contribution in [2.24, 2.45) is 11.0 Å². The maximum atomic E-state index is 13.4. The van der Waals surface area contributed by atoms with Crippen molar-refractivity contribution >= 4 is 33.7 Å². The Morgan fingerprint density at radius 1 is 0.952 bits per heavy atom. The van der Waals surface area contributed by atoms with Crippen LogP contribution in [-0.4, -0.2) is 55.0 Å². The van der Waals surface area contributed by atoms with Crippen LogP contribution in [0.4, 0.5) is 0 Å². The summed E-state index contributed by atoms with van der Waals surface area (Å²) in [6, 6.07) is 12.5. The van der Waals surface area contributed by atoms with Crippen LogP contribution in [0.3, 0.4) is 0 Å². The van der Waals surface area contributed by atoms with Crippen molar-refractivity contribution in [1.29, 1.82) is 0 Å². The van der Waals surface area contributed by atoms with Crippen LogP contribution in [0, 0.1) is 5.92 Å². The second-order valence-corrected chi connectivity index (χ2v) is 12.7. The van der Waals surface area contributed by atoms with Gasteiger partial charge in [-0.05, 0) is 92.3 Å². The largest absolute Gasteiger partial charge is 0.467 e. The molecule has 1 saturated carbocycles. The summed E-state index contributed by atoms with van der Waals surface area (Å²) in [6.45, 7) is 0.467. The van der Waals surface area contributed by atoms with E-state index in [0.717, 1.165) is 56.2 Å². The first-order valence-electron chi connectivity index (χ1n) is 14.4. The van der Waals surface area contributed by atoms with Gasteiger partial charge in [0.1, 0.15) is 17.6 Å². The number of esters is 1. The molecule has 0 spiro atoms. The predicted molar refractivity (Wildman–Crippen MR) is 154 cm³/mol. The third kappa shape index (κ3) is 5.71. The number of carbonyl (C=O) groups is 2. The van der Waals surface area contributed by atoms with Gasteiger partial charge < -0.3 is 13.6 Å². The van der Waals surface area contributed by atoms with Gasteiger partial charge in [0.25, 0.3) is 5.91 Å². The number of hydrogen-bond donors (Lipinski definition) is 0. The van der Waals surface area contributed by atoms with Gasteiger partial charge in [-0.1, -0.05) is 12.8 Å². The molecule has 2 aromatic heterocycles. The fourth-order valence-corrected chi connectivity index (χ4v) is 7.48. The summed E-state index contributed by atoms with van der Waals surface area (Å²) in [7, 11) is -3.64. The molecule has 0 N–H and O–H groups in total. The number of sulfonamides is 1. The smallest absolute Gasteiger partial charge is 0.338 e. The zero-order valence-electron chi connectivity index (χ0n) is 23.2. The number of hydrazone groups is 1. The van der Waals surface area contributed by atoms with E-state index < -0.39 is 34.5 Å². The minimum Gasteiger partial charge on any atom is -0.467 e. The lowest BCUT2D eigenvalue weighted by Crippen LogP contribution is -2.34. The Bertz CT molecular complexity index is 1570. The molecule has 4 heterocycles. The van der Waals surface area contributed by atoms with Crippen LogP contribution in [-0.2, 0) is 19.6 Å². The van der Waals surface area contributed by atoms with E-state index in [0.29, 0.717) is 24.6 Å². The first-order valence-corrected chi connectivity index (χ1v) is 15.8. The van der Waals surface area contributed by atoms with Crippen LogP contribution < -0.4 is 0 Å². The highest BCUT2D eigenvalue weighted by Gasteiger charge is 2.45. The maximum absolute atomic E-state index is 13.4. The van der Waals surface area contributed by atoms with Crippen molar-refractivity contribution in [3.05, 3.63) is 83.7 Å². The first kappa shape index (κ1) is 28.2. The Morgan fingerprint density at radius 2 is 1.69 bits per heavy atom. The Balaban J connectivity index is 1.16. The third-order valence-corrected chi connectivity index (χ3v) is 9.98. The van der Waals surface area contributed by atoms with Gasteiger partial charge in [-0.3, -0.25) is 4.79 Å². The molecule has 10 nitrogen and oxygen atoms in total. The topological polar surface area (TPSA) is 123 Å². The monoisotopic (exact) mass is 591 g/mol. The van der Waals surface area contributed by atoms with Gasteiger partial charge in [-0.2, -0.15) is 9.41 Å². The maximum Gasteiger partial charge on any atom is 0.338 e. The van der Waals surface area contributed by atoms with Gasteiger partial charge in [0.2, 0.25) is 10.0 Å². The summed E-state index contributed by atoms with van der Waals surface area (Å²) >= 11 is 0. The first-order chi connectivity index (χ1) is 20.4. The van der Waals surface area contributed by atoms with Gasteiger partial charge in [0.05, 0.1) is 28.7 Å². The lowest BCUT2D eigenvalue weighted by atomic mass is 9.79. The number of carbonyl (C=O) groups excluding carboxylic acids is 2. The van der Waals surface area contributed by atoms with Crippen molar-refractivity contribution in [3.63, 3.8) is 0 Å². The molecule has 0 bridgehead atoms. The van der Waals surface area contributed by atoms with E-state index >= 15 is 0 Å². The summed E-state index contributed by atoms with van der Waals surface area (Å²) in [5, 5.41) is 6.08. The van der Waals surface area contributed by atoms with Crippen molar-refractivity contribution in [1.82, 2.24) is 9.31 Å². The lowest BCUT2D eigenvalue weighted by molar-refractivity contribution is -0.137. The zero-order chi connectivity index (χ0) is 29.1. The molecule has 220 valence electrons. The number of allylic oxidation sites excluding steroid dienone is 1. The van der Waals surface area contributed by atoms with Crippen molar-refractivity contribution < 1.29 is 31.6 Å². The Morgan fingerprint density at radius 3 is 2.38 bits per heavy atom. The molecule has 1 saturated heterocycles. The average molecular weight is 592 g/mol. The highest BCUT2D eigenvalue weighted by molar-refractivity contribution is 7.89. The standard InChI is InChI=1S/C31H33N3O7S/c35-28(21-41-31(36)22-12-14-25(15-13-22)42(37,38)33-16-3-1-2-4-17-33)34-30(27-11-7-19-40-27)26-10-5-8-23(29(26)32-34)20-24-9-6-18-39-24/h6-7,9,11-15,18-20,26,30H,1-5,8,10,16-17,21H2. The second-order valence-electron chi connectivity index (χ2n) is 10.8. The number of fused-ring (bicyclic) bond motifs is 1.